The van der Waals surface area contributed by atoms with E-state index in [1.54, 1.807) is 12.1 Å². The molecule has 0 saturated heterocycles. The second-order valence-electron chi connectivity index (χ2n) is 3.63. The number of aromatic nitrogens is 1. The van der Waals surface area contributed by atoms with Crippen molar-refractivity contribution < 1.29 is 8.42 Å². The van der Waals surface area contributed by atoms with Gasteiger partial charge >= 0.3 is 4.87 Å². The van der Waals surface area contributed by atoms with Crippen LogP contribution in [0, 0.1) is 6.92 Å². The van der Waals surface area contributed by atoms with Gasteiger partial charge in [-0.3, -0.25) is 9.52 Å². The van der Waals surface area contributed by atoms with E-state index >= 15 is 0 Å². The number of hydrogen-bond donors (Lipinski definition) is 2. The van der Waals surface area contributed by atoms with Crippen LogP contribution in [0.5, 0.6) is 0 Å². The molecule has 5 nitrogen and oxygen atoms in total. The van der Waals surface area contributed by atoms with E-state index < -0.39 is 14.9 Å². The lowest BCUT2D eigenvalue weighted by atomic mass is 10.3. The molecule has 19 heavy (non-hydrogen) atoms. The Balaban J connectivity index is 2.45. The summed E-state index contributed by atoms with van der Waals surface area (Å²) >= 11 is 12.3. The first kappa shape index (κ1) is 14.4. The molecule has 0 saturated carbocycles. The molecule has 0 radical (unpaired) electrons. The van der Waals surface area contributed by atoms with Crippen molar-refractivity contribution in [1.29, 1.82) is 0 Å². The van der Waals surface area contributed by atoms with E-state index in [-0.39, 0.29) is 25.6 Å². The van der Waals surface area contributed by atoms with Crippen LogP contribution in [0.1, 0.15) is 5.69 Å². The van der Waals surface area contributed by atoms with Crippen LogP contribution in [0.15, 0.2) is 27.2 Å². The lowest BCUT2D eigenvalue weighted by Gasteiger charge is -2.09. The summed E-state index contributed by atoms with van der Waals surface area (Å²) in [4.78, 5) is 13.1. The summed E-state index contributed by atoms with van der Waals surface area (Å²) in [6.07, 6.45) is 0. The molecule has 0 aliphatic rings. The largest absolute Gasteiger partial charge is 0.315 e. The summed E-state index contributed by atoms with van der Waals surface area (Å²) in [6, 6.07) is 4.59. The zero-order chi connectivity index (χ0) is 14.2. The van der Waals surface area contributed by atoms with Gasteiger partial charge in [-0.25, -0.2) is 8.42 Å². The summed E-state index contributed by atoms with van der Waals surface area (Å²) in [5.41, 5.74) is 0.440. The van der Waals surface area contributed by atoms with Gasteiger partial charge in [0.05, 0.1) is 15.7 Å². The second kappa shape index (κ2) is 5.16. The highest BCUT2D eigenvalue weighted by Crippen LogP contribution is 2.31. The number of nitrogens with one attached hydrogen (secondary N) is 2. The van der Waals surface area contributed by atoms with Crippen LogP contribution in [-0.2, 0) is 10.0 Å². The van der Waals surface area contributed by atoms with E-state index in [1.807, 2.05) is 0 Å². The number of halogens is 2. The Morgan fingerprint density at radius 3 is 2.58 bits per heavy atom. The van der Waals surface area contributed by atoms with Crippen molar-refractivity contribution in [2.24, 2.45) is 0 Å². The summed E-state index contributed by atoms with van der Waals surface area (Å²) in [7, 11) is -3.87. The van der Waals surface area contributed by atoms with Gasteiger partial charge in [-0.05, 0) is 19.1 Å². The Morgan fingerprint density at radius 1 is 1.32 bits per heavy atom. The molecule has 1 aromatic heterocycles. The zero-order valence-electron chi connectivity index (χ0n) is 9.53. The predicted octanol–water partition coefficient (Wildman–Crippen LogP) is 2.85. The van der Waals surface area contributed by atoms with Crippen molar-refractivity contribution >= 4 is 50.2 Å². The van der Waals surface area contributed by atoms with Crippen LogP contribution >= 0.6 is 34.5 Å². The topological polar surface area (TPSA) is 79.0 Å². The van der Waals surface area contributed by atoms with Gasteiger partial charge in [0.1, 0.15) is 0 Å². The van der Waals surface area contributed by atoms with Crippen LogP contribution in [0.4, 0.5) is 5.69 Å². The van der Waals surface area contributed by atoms with Crippen molar-refractivity contribution in [3.8, 4) is 0 Å². The van der Waals surface area contributed by atoms with E-state index in [0.717, 1.165) is 0 Å². The van der Waals surface area contributed by atoms with Crippen molar-refractivity contribution in [2.45, 2.75) is 11.1 Å². The van der Waals surface area contributed by atoms with Gasteiger partial charge in [-0.1, -0.05) is 40.6 Å². The minimum Gasteiger partial charge on any atom is -0.315 e. The highest BCUT2D eigenvalue weighted by molar-refractivity contribution is 7.94. The van der Waals surface area contributed by atoms with E-state index in [4.69, 9.17) is 23.2 Å². The first-order chi connectivity index (χ1) is 8.81. The Hall–Kier alpha value is -1.02. The molecule has 1 aromatic carbocycles. The first-order valence-electron chi connectivity index (χ1n) is 4.98. The van der Waals surface area contributed by atoms with Crippen molar-refractivity contribution in [1.82, 2.24) is 4.98 Å². The number of hydrogen-bond acceptors (Lipinski definition) is 4. The minimum atomic E-state index is -3.87. The van der Waals surface area contributed by atoms with E-state index in [9.17, 15) is 13.2 Å². The molecule has 0 fully saturated rings. The number of rotatable bonds is 3. The molecule has 0 unspecified atom stereocenters. The monoisotopic (exact) mass is 338 g/mol. The Morgan fingerprint density at radius 2 is 2.00 bits per heavy atom. The van der Waals surface area contributed by atoms with Crippen molar-refractivity contribution in [2.75, 3.05) is 4.72 Å². The third-order valence-electron chi connectivity index (χ3n) is 2.22. The maximum atomic E-state index is 12.1. The average molecular weight is 339 g/mol. The number of aryl methyl sites for hydroxylation is 1. The standard InChI is InChI=1S/C10H8Cl2N2O3S2/c1-5-9(18-10(15)13-5)19(16,17)14-7-4-2-3-6(11)8(7)12/h2-4,14H,1H3,(H,13,15). The smallest absolute Gasteiger partial charge is 0.306 e. The Labute approximate surface area is 123 Å². The summed E-state index contributed by atoms with van der Waals surface area (Å²) in [6.45, 7) is 1.51. The van der Waals surface area contributed by atoms with Gasteiger partial charge in [0.2, 0.25) is 0 Å². The molecule has 2 rings (SSSR count). The zero-order valence-corrected chi connectivity index (χ0v) is 12.7. The molecule has 0 aliphatic heterocycles. The molecule has 0 bridgehead atoms. The fourth-order valence-electron chi connectivity index (χ4n) is 1.42. The van der Waals surface area contributed by atoms with Crippen LogP contribution in [0.25, 0.3) is 0 Å². The van der Waals surface area contributed by atoms with E-state index in [1.165, 1.54) is 13.0 Å². The molecule has 102 valence electrons. The van der Waals surface area contributed by atoms with Crippen molar-refractivity contribution in [3.05, 3.63) is 43.6 Å². The normalized spacial score (nSPS) is 11.5. The van der Waals surface area contributed by atoms with Gasteiger partial charge in [-0.2, -0.15) is 0 Å². The molecule has 2 aromatic rings. The molecule has 0 aliphatic carbocycles. The first-order valence-corrected chi connectivity index (χ1v) is 8.03. The van der Waals surface area contributed by atoms with E-state index in [0.29, 0.717) is 11.3 Å². The highest BCUT2D eigenvalue weighted by atomic mass is 35.5. The minimum absolute atomic E-state index is 0.0754. The van der Waals surface area contributed by atoms with Gasteiger partial charge in [0.15, 0.2) is 4.21 Å². The summed E-state index contributed by atoms with van der Waals surface area (Å²) in [5.74, 6) is 0. The summed E-state index contributed by atoms with van der Waals surface area (Å²) in [5, 5.41) is 0.342. The molecular weight excluding hydrogens is 331 g/mol. The molecular formula is C10H8Cl2N2O3S2. The van der Waals surface area contributed by atoms with Crippen molar-refractivity contribution in [3.63, 3.8) is 0 Å². The lowest BCUT2D eigenvalue weighted by Crippen LogP contribution is -2.13. The number of anilines is 1. The van der Waals surface area contributed by atoms with Gasteiger partial charge in [0.25, 0.3) is 10.0 Å². The van der Waals surface area contributed by atoms with Crippen LogP contribution in [0.3, 0.4) is 0 Å². The molecule has 0 spiro atoms. The highest BCUT2D eigenvalue weighted by Gasteiger charge is 2.21. The fourth-order valence-corrected chi connectivity index (χ4v) is 4.20. The average Bonchev–Trinajstić information content (AvgIpc) is 2.65. The number of H-pyrrole nitrogens is 1. The predicted molar refractivity (Wildman–Crippen MR) is 76.9 cm³/mol. The number of benzene rings is 1. The maximum absolute atomic E-state index is 12.1. The SMILES string of the molecule is Cc1[nH]c(=O)sc1S(=O)(=O)Nc1cccc(Cl)c1Cl. The number of thiazole rings is 1. The van der Waals surface area contributed by atoms with Gasteiger partial charge < -0.3 is 4.98 Å². The maximum Gasteiger partial charge on any atom is 0.306 e. The fraction of sp³-hybridized carbons (Fsp3) is 0.100. The number of sulfonamides is 1. The Kier molecular flexibility index (Phi) is 3.91. The molecule has 9 heteroatoms. The molecule has 0 atom stereocenters. The van der Waals surface area contributed by atoms with Crippen LogP contribution in [-0.4, -0.2) is 13.4 Å². The molecule has 2 N–H and O–H groups in total. The van der Waals surface area contributed by atoms with E-state index in [2.05, 4.69) is 9.71 Å². The molecule has 1 heterocycles. The number of aromatic amines is 1. The Bertz CT molecular complexity index is 780. The summed E-state index contributed by atoms with van der Waals surface area (Å²) < 4.78 is 26.5. The van der Waals surface area contributed by atoms with Gasteiger partial charge in [0, 0.05) is 5.69 Å². The molecule has 0 amide bonds. The lowest BCUT2D eigenvalue weighted by molar-refractivity contribution is 0.602. The quantitative estimate of drug-likeness (QED) is 0.902. The third kappa shape index (κ3) is 2.94. The van der Waals surface area contributed by atoms with Crippen LogP contribution in [0.2, 0.25) is 10.0 Å². The second-order valence-corrected chi connectivity index (χ2v) is 7.28. The third-order valence-corrected chi connectivity index (χ3v) is 6.01. The van der Waals surface area contributed by atoms with Crippen LogP contribution < -0.4 is 9.60 Å². The van der Waals surface area contributed by atoms with Gasteiger partial charge in [-0.15, -0.1) is 0 Å².